The SMILES string of the molecule is COc1ccc([C@@H]2c3cc(N)ccc3[C@H](c3ccc4c(c3)OCO4)[C@H]2C(=O)O)c(OCCO)c1. The summed E-state index contributed by atoms with van der Waals surface area (Å²) >= 11 is 0. The Morgan fingerprint density at radius 2 is 1.79 bits per heavy atom. The van der Waals surface area contributed by atoms with Gasteiger partial charge in [0.05, 0.1) is 19.6 Å². The summed E-state index contributed by atoms with van der Waals surface area (Å²) in [5, 5.41) is 19.8. The van der Waals surface area contributed by atoms with Crippen molar-refractivity contribution in [1.29, 1.82) is 0 Å². The minimum atomic E-state index is -0.939. The van der Waals surface area contributed by atoms with Crippen molar-refractivity contribution in [2.45, 2.75) is 11.8 Å². The lowest BCUT2D eigenvalue weighted by molar-refractivity contribution is -0.142. The zero-order valence-corrected chi connectivity index (χ0v) is 18.6. The summed E-state index contributed by atoms with van der Waals surface area (Å²) < 4.78 is 22.2. The number of ether oxygens (including phenoxy) is 4. The van der Waals surface area contributed by atoms with Crippen molar-refractivity contribution >= 4 is 11.7 Å². The van der Waals surface area contributed by atoms with E-state index < -0.39 is 23.7 Å². The highest BCUT2D eigenvalue weighted by Gasteiger charge is 2.47. The molecule has 0 saturated carbocycles. The zero-order valence-electron chi connectivity index (χ0n) is 18.6. The van der Waals surface area contributed by atoms with E-state index in [-0.39, 0.29) is 20.0 Å². The van der Waals surface area contributed by atoms with Gasteiger partial charge in [-0.2, -0.15) is 0 Å². The second-order valence-electron chi connectivity index (χ2n) is 8.30. The molecule has 4 N–H and O–H groups in total. The molecular weight excluding hydrogens is 438 g/mol. The molecule has 0 spiro atoms. The van der Waals surface area contributed by atoms with Crippen LogP contribution in [0.5, 0.6) is 23.0 Å². The number of benzene rings is 3. The molecule has 8 nitrogen and oxygen atoms in total. The fourth-order valence-corrected chi connectivity index (χ4v) is 5.04. The molecule has 176 valence electrons. The fourth-order valence-electron chi connectivity index (χ4n) is 5.04. The van der Waals surface area contributed by atoms with Crippen LogP contribution in [0.25, 0.3) is 0 Å². The van der Waals surface area contributed by atoms with Gasteiger partial charge in [-0.1, -0.05) is 18.2 Å². The molecule has 0 radical (unpaired) electrons. The summed E-state index contributed by atoms with van der Waals surface area (Å²) in [4.78, 5) is 12.8. The third kappa shape index (κ3) is 3.66. The highest BCUT2D eigenvalue weighted by molar-refractivity contribution is 5.79. The van der Waals surface area contributed by atoms with E-state index >= 15 is 0 Å². The van der Waals surface area contributed by atoms with E-state index in [0.29, 0.717) is 34.2 Å². The number of nitrogens with two attached hydrogens (primary N) is 1. The van der Waals surface area contributed by atoms with E-state index in [1.165, 1.54) is 0 Å². The minimum Gasteiger partial charge on any atom is -0.497 e. The number of nitrogen functional groups attached to an aromatic ring is 1. The van der Waals surface area contributed by atoms with E-state index in [1.807, 2.05) is 36.4 Å². The van der Waals surface area contributed by atoms with Gasteiger partial charge in [0.15, 0.2) is 11.5 Å². The van der Waals surface area contributed by atoms with Crippen molar-refractivity contribution in [3.05, 3.63) is 76.9 Å². The van der Waals surface area contributed by atoms with Gasteiger partial charge < -0.3 is 34.9 Å². The maximum Gasteiger partial charge on any atom is 0.308 e. The third-order valence-corrected chi connectivity index (χ3v) is 6.44. The Kier molecular flexibility index (Phi) is 5.67. The van der Waals surface area contributed by atoms with Gasteiger partial charge in [0.1, 0.15) is 18.1 Å². The maximum absolute atomic E-state index is 12.8. The number of anilines is 1. The highest BCUT2D eigenvalue weighted by atomic mass is 16.7. The standard InChI is InChI=1S/C26H25NO7/c1-31-16-4-6-18(21(12-16)32-9-8-28)24-19-11-15(27)3-5-17(19)23(25(24)26(29)30)14-2-7-20-22(10-14)34-13-33-20/h2-7,10-12,23-25,28H,8-9,13,27H2,1H3,(H,29,30)/t23-,24+,25+/m0/s1. The number of aliphatic hydroxyl groups excluding tert-OH is 1. The number of carbonyl (C=O) groups is 1. The molecule has 3 aromatic rings. The van der Waals surface area contributed by atoms with Gasteiger partial charge >= 0.3 is 5.97 Å². The average Bonchev–Trinajstić information content (AvgIpc) is 3.44. The lowest BCUT2D eigenvalue weighted by atomic mass is 9.79. The van der Waals surface area contributed by atoms with Crippen LogP contribution in [0.1, 0.15) is 34.1 Å². The molecule has 2 aliphatic rings. The quantitative estimate of drug-likeness (QED) is 0.456. The Hall–Kier alpha value is -3.91. The van der Waals surface area contributed by atoms with Crippen LogP contribution >= 0.6 is 0 Å². The molecule has 5 rings (SSSR count). The van der Waals surface area contributed by atoms with Crippen molar-refractivity contribution in [3.63, 3.8) is 0 Å². The van der Waals surface area contributed by atoms with Crippen LogP contribution in [0.2, 0.25) is 0 Å². The van der Waals surface area contributed by atoms with Crippen molar-refractivity contribution in [2.75, 3.05) is 32.9 Å². The molecule has 0 bridgehead atoms. The van der Waals surface area contributed by atoms with Gasteiger partial charge in [0, 0.05) is 29.2 Å². The molecule has 1 heterocycles. The predicted molar refractivity (Wildman–Crippen MR) is 124 cm³/mol. The van der Waals surface area contributed by atoms with Crippen molar-refractivity contribution in [2.24, 2.45) is 5.92 Å². The smallest absolute Gasteiger partial charge is 0.308 e. The van der Waals surface area contributed by atoms with Gasteiger partial charge in [0.2, 0.25) is 6.79 Å². The molecule has 8 heteroatoms. The summed E-state index contributed by atoms with van der Waals surface area (Å²) in [5.74, 6) is -0.484. The van der Waals surface area contributed by atoms with Gasteiger partial charge in [-0.3, -0.25) is 4.79 Å². The predicted octanol–water partition coefficient (Wildman–Crippen LogP) is 3.36. The Balaban J connectivity index is 1.69. The number of rotatable bonds is 7. The van der Waals surface area contributed by atoms with Gasteiger partial charge in [-0.15, -0.1) is 0 Å². The van der Waals surface area contributed by atoms with E-state index in [0.717, 1.165) is 16.7 Å². The average molecular weight is 463 g/mol. The lowest BCUT2D eigenvalue weighted by Gasteiger charge is -2.25. The van der Waals surface area contributed by atoms with Gasteiger partial charge in [-0.05, 0) is 47.0 Å². The first kappa shape index (κ1) is 21.9. The first-order chi connectivity index (χ1) is 16.5. The monoisotopic (exact) mass is 463 g/mol. The van der Waals surface area contributed by atoms with Crippen molar-refractivity contribution in [1.82, 2.24) is 0 Å². The van der Waals surface area contributed by atoms with Gasteiger partial charge in [-0.25, -0.2) is 0 Å². The summed E-state index contributed by atoms with van der Waals surface area (Å²) in [6, 6.07) is 16.4. The summed E-state index contributed by atoms with van der Waals surface area (Å²) in [6.45, 7) is 0.0337. The maximum atomic E-state index is 12.8. The van der Waals surface area contributed by atoms with Crippen LogP contribution in [0.4, 0.5) is 5.69 Å². The third-order valence-electron chi connectivity index (χ3n) is 6.44. The van der Waals surface area contributed by atoms with E-state index in [4.69, 9.17) is 24.7 Å². The van der Waals surface area contributed by atoms with Crippen molar-refractivity contribution in [3.8, 4) is 23.0 Å². The molecule has 3 aromatic carbocycles. The van der Waals surface area contributed by atoms with Crippen LogP contribution in [0.15, 0.2) is 54.6 Å². The molecule has 0 aromatic heterocycles. The number of aliphatic hydroxyl groups is 1. The molecule has 0 unspecified atom stereocenters. The lowest BCUT2D eigenvalue weighted by Crippen LogP contribution is -2.24. The summed E-state index contributed by atoms with van der Waals surface area (Å²) in [5.41, 5.74) is 9.91. The highest BCUT2D eigenvalue weighted by Crippen LogP contribution is 2.55. The van der Waals surface area contributed by atoms with Crippen LogP contribution in [-0.4, -0.2) is 43.3 Å². The number of methoxy groups -OCH3 is 1. The Labute approximate surface area is 196 Å². The number of aliphatic carboxylic acids is 1. The van der Waals surface area contributed by atoms with Crippen LogP contribution < -0.4 is 24.7 Å². The molecule has 34 heavy (non-hydrogen) atoms. The second kappa shape index (κ2) is 8.79. The molecule has 3 atom stereocenters. The topological polar surface area (TPSA) is 120 Å². The number of hydrogen-bond donors (Lipinski definition) is 3. The molecule has 1 aliphatic carbocycles. The number of hydrogen-bond acceptors (Lipinski definition) is 7. The first-order valence-electron chi connectivity index (χ1n) is 10.9. The normalized spacial score (nSPS) is 20.1. The molecular formula is C26H25NO7. The molecule has 0 fully saturated rings. The Morgan fingerprint density at radius 1 is 1.00 bits per heavy atom. The number of fused-ring (bicyclic) bond motifs is 2. The summed E-state index contributed by atoms with van der Waals surface area (Å²) in [6.07, 6.45) is 0. The van der Waals surface area contributed by atoms with E-state index in [9.17, 15) is 15.0 Å². The Morgan fingerprint density at radius 3 is 2.56 bits per heavy atom. The molecule has 1 aliphatic heterocycles. The van der Waals surface area contributed by atoms with Crippen LogP contribution in [0, 0.1) is 5.92 Å². The fraction of sp³-hybridized carbons (Fsp3) is 0.269. The molecule has 0 saturated heterocycles. The number of carboxylic acids is 1. The largest absolute Gasteiger partial charge is 0.497 e. The van der Waals surface area contributed by atoms with Gasteiger partial charge in [0.25, 0.3) is 0 Å². The zero-order chi connectivity index (χ0) is 23.8. The van der Waals surface area contributed by atoms with E-state index in [1.54, 1.807) is 25.3 Å². The molecule has 0 amide bonds. The van der Waals surface area contributed by atoms with E-state index in [2.05, 4.69) is 0 Å². The van der Waals surface area contributed by atoms with Crippen molar-refractivity contribution < 1.29 is 34.0 Å². The van der Waals surface area contributed by atoms with Crippen LogP contribution in [-0.2, 0) is 4.79 Å². The number of carboxylic acid groups (broad SMARTS) is 1. The summed E-state index contributed by atoms with van der Waals surface area (Å²) in [7, 11) is 1.55. The Bertz CT molecular complexity index is 1240. The second-order valence-corrected chi connectivity index (χ2v) is 8.30. The minimum absolute atomic E-state index is 0.0694. The first-order valence-corrected chi connectivity index (χ1v) is 10.9. The van der Waals surface area contributed by atoms with Crippen LogP contribution in [0.3, 0.4) is 0 Å².